The number of halogens is 1. The summed E-state index contributed by atoms with van der Waals surface area (Å²) in [4.78, 5) is 13.3. The number of hydrogen-bond acceptors (Lipinski definition) is 5. The highest BCUT2D eigenvalue weighted by molar-refractivity contribution is 6.19. The van der Waals surface area contributed by atoms with Gasteiger partial charge in [-0.3, -0.25) is 4.79 Å². The summed E-state index contributed by atoms with van der Waals surface area (Å²) in [5, 5.41) is 22.0. The predicted molar refractivity (Wildman–Crippen MR) is 139 cm³/mol. The third-order valence-corrected chi connectivity index (χ3v) is 4.68. The molecule has 7 nitrogen and oxygen atoms in total. The van der Waals surface area contributed by atoms with Gasteiger partial charge in [-0.05, 0) is 36.5 Å². The van der Waals surface area contributed by atoms with Gasteiger partial charge in [0.15, 0.2) is 0 Å². The third-order valence-electron chi connectivity index (χ3n) is 4.23. The molecule has 1 aromatic heterocycles. The number of benzene rings is 1. The number of carbonyl (C=O) groups is 1. The minimum atomic E-state index is -0.273. The number of phenols is 1. The molecule has 0 bridgehead atoms. The van der Waals surface area contributed by atoms with Crippen LogP contribution in [0.4, 0.5) is 0 Å². The van der Waals surface area contributed by atoms with Gasteiger partial charge < -0.3 is 16.2 Å². The first-order valence-corrected chi connectivity index (χ1v) is 11.7. The first-order chi connectivity index (χ1) is 15.5. The number of aryl methyl sites for hydroxylation is 1. The fraction of sp³-hybridized carbons (Fsp3) is 0.480. The molecule has 0 atom stereocenters. The Morgan fingerprint density at radius 2 is 1.94 bits per heavy atom. The van der Waals surface area contributed by atoms with Crippen LogP contribution in [0.5, 0.6) is 5.75 Å². The van der Waals surface area contributed by atoms with E-state index in [-0.39, 0.29) is 17.1 Å². The minimum Gasteiger partial charge on any atom is -0.505 e. The molecule has 0 unspecified atom stereocenters. The Morgan fingerprint density at radius 1 is 1.33 bits per heavy atom. The number of hydrogen-bond donors (Lipinski definition) is 3. The van der Waals surface area contributed by atoms with Crippen LogP contribution in [0.2, 0.25) is 0 Å². The van der Waals surface area contributed by atoms with E-state index >= 15 is 0 Å². The SMILES string of the molecule is C=C(C)CCl.C=Cc1cnn(-c2cc(CCC(=O)NCCN)cc(C(C)(C)C)c2O)n1.CC. The summed E-state index contributed by atoms with van der Waals surface area (Å²) in [6.07, 6.45) is 4.06. The molecular weight excluding hydrogens is 438 g/mol. The first kappa shape index (κ1) is 30.4. The Balaban J connectivity index is 0.00000129. The Hall–Kier alpha value is -2.64. The monoisotopic (exact) mass is 477 g/mol. The van der Waals surface area contributed by atoms with E-state index < -0.39 is 0 Å². The zero-order valence-electron chi connectivity index (χ0n) is 20.9. The second-order valence-electron chi connectivity index (χ2n) is 8.25. The second-order valence-corrected chi connectivity index (χ2v) is 8.52. The number of phenolic OH excluding ortho intramolecular Hbond substituents is 1. The molecular formula is C25H40ClN5O2. The lowest BCUT2D eigenvalue weighted by Crippen LogP contribution is -2.29. The molecule has 0 aliphatic rings. The Kier molecular flexibility index (Phi) is 14.0. The summed E-state index contributed by atoms with van der Waals surface area (Å²) < 4.78 is 0. The van der Waals surface area contributed by atoms with Gasteiger partial charge in [-0.25, -0.2) is 0 Å². The summed E-state index contributed by atoms with van der Waals surface area (Å²) in [6.45, 7) is 20.1. The van der Waals surface area contributed by atoms with E-state index in [0.717, 1.165) is 16.7 Å². The van der Waals surface area contributed by atoms with Gasteiger partial charge in [0.25, 0.3) is 0 Å². The largest absolute Gasteiger partial charge is 0.505 e. The van der Waals surface area contributed by atoms with Gasteiger partial charge in [-0.15, -0.1) is 21.5 Å². The van der Waals surface area contributed by atoms with Crippen molar-refractivity contribution < 1.29 is 9.90 Å². The summed E-state index contributed by atoms with van der Waals surface area (Å²) in [5.41, 5.74) is 8.97. The highest BCUT2D eigenvalue weighted by atomic mass is 35.5. The van der Waals surface area contributed by atoms with Gasteiger partial charge in [0.05, 0.1) is 6.20 Å². The first-order valence-electron chi connectivity index (χ1n) is 11.1. The standard InChI is InChI=1S/C19H27N5O2.C4H7Cl.C2H6/c1-5-14-12-22-24(23-14)16-11-13(6-7-17(25)21-9-8-20)10-15(18(16)26)19(2,3)4;1-4(2)3-5;1-2/h5,10-12,26H,1,6-9,20H2,2-4H3,(H,21,25);1,3H2,2H3;1-2H3. The highest BCUT2D eigenvalue weighted by Gasteiger charge is 2.23. The minimum absolute atomic E-state index is 0.0476. The van der Waals surface area contributed by atoms with Crippen molar-refractivity contribution in [3.63, 3.8) is 0 Å². The van der Waals surface area contributed by atoms with Gasteiger partial charge in [-0.2, -0.15) is 5.10 Å². The van der Waals surface area contributed by atoms with E-state index in [1.165, 1.54) is 4.80 Å². The number of nitrogens with zero attached hydrogens (tertiary/aromatic N) is 3. The van der Waals surface area contributed by atoms with Gasteiger partial charge in [-0.1, -0.05) is 59.4 Å². The van der Waals surface area contributed by atoms with Crippen molar-refractivity contribution in [3.05, 3.63) is 53.9 Å². The maximum Gasteiger partial charge on any atom is 0.220 e. The molecule has 1 aromatic carbocycles. The van der Waals surface area contributed by atoms with Crippen molar-refractivity contribution >= 4 is 23.6 Å². The summed E-state index contributed by atoms with van der Waals surface area (Å²) in [7, 11) is 0. The number of aromatic hydroxyl groups is 1. The van der Waals surface area contributed by atoms with Crippen molar-refractivity contribution in [2.75, 3.05) is 19.0 Å². The van der Waals surface area contributed by atoms with Crippen LogP contribution in [-0.2, 0) is 16.6 Å². The average molecular weight is 478 g/mol. The Bertz CT molecular complexity index is 901. The van der Waals surface area contributed by atoms with Gasteiger partial charge >= 0.3 is 0 Å². The van der Waals surface area contributed by atoms with Crippen LogP contribution >= 0.6 is 11.6 Å². The molecule has 33 heavy (non-hydrogen) atoms. The lowest BCUT2D eigenvalue weighted by atomic mass is 9.84. The summed E-state index contributed by atoms with van der Waals surface area (Å²) in [6, 6.07) is 3.75. The molecule has 0 radical (unpaired) electrons. The molecule has 1 amide bonds. The smallest absolute Gasteiger partial charge is 0.220 e. The molecule has 1 heterocycles. The zero-order chi connectivity index (χ0) is 25.6. The van der Waals surface area contributed by atoms with Gasteiger partial charge in [0.2, 0.25) is 5.91 Å². The molecule has 8 heteroatoms. The molecule has 0 saturated heterocycles. The second kappa shape index (κ2) is 15.2. The quantitative estimate of drug-likeness (QED) is 0.375. The highest BCUT2D eigenvalue weighted by Crippen LogP contribution is 2.36. The van der Waals surface area contributed by atoms with Crippen LogP contribution in [0.3, 0.4) is 0 Å². The van der Waals surface area contributed by atoms with Crippen molar-refractivity contribution in [2.45, 2.75) is 59.8 Å². The Labute approximate surface area is 203 Å². The Morgan fingerprint density at radius 3 is 2.39 bits per heavy atom. The zero-order valence-corrected chi connectivity index (χ0v) is 21.7. The maximum atomic E-state index is 11.9. The number of nitrogens with one attached hydrogen (secondary N) is 1. The molecule has 0 spiro atoms. The van der Waals surface area contributed by atoms with Crippen LogP contribution < -0.4 is 11.1 Å². The van der Waals surface area contributed by atoms with E-state index in [4.69, 9.17) is 17.3 Å². The molecule has 0 fully saturated rings. The predicted octanol–water partition coefficient (Wildman–Crippen LogP) is 4.75. The molecule has 2 rings (SSSR count). The molecule has 184 valence electrons. The lowest BCUT2D eigenvalue weighted by Gasteiger charge is -2.23. The van der Waals surface area contributed by atoms with E-state index in [9.17, 15) is 9.90 Å². The number of nitrogens with two attached hydrogens (primary N) is 1. The van der Waals surface area contributed by atoms with Gasteiger partial charge in [0, 0.05) is 31.0 Å². The van der Waals surface area contributed by atoms with Crippen LogP contribution in [0.25, 0.3) is 11.8 Å². The van der Waals surface area contributed by atoms with E-state index in [0.29, 0.717) is 43.2 Å². The number of amides is 1. The lowest BCUT2D eigenvalue weighted by molar-refractivity contribution is -0.121. The van der Waals surface area contributed by atoms with Crippen molar-refractivity contribution in [3.8, 4) is 11.4 Å². The van der Waals surface area contributed by atoms with Crippen LogP contribution in [0.1, 0.15) is 64.8 Å². The fourth-order valence-electron chi connectivity index (χ4n) is 2.59. The number of allylic oxidation sites excluding steroid dienone is 1. The van der Waals surface area contributed by atoms with Crippen molar-refractivity contribution in [2.24, 2.45) is 5.73 Å². The number of carbonyl (C=O) groups excluding carboxylic acids is 1. The topological polar surface area (TPSA) is 106 Å². The number of rotatable bonds is 8. The maximum absolute atomic E-state index is 11.9. The average Bonchev–Trinajstić information content (AvgIpc) is 3.27. The summed E-state index contributed by atoms with van der Waals surface area (Å²) in [5.74, 6) is 0.675. The van der Waals surface area contributed by atoms with Crippen molar-refractivity contribution in [1.82, 2.24) is 20.3 Å². The molecule has 0 saturated carbocycles. The normalized spacial score (nSPS) is 10.3. The molecule has 0 aliphatic heterocycles. The fourth-order valence-corrected chi connectivity index (χ4v) is 2.59. The number of aromatic nitrogens is 3. The summed E-state index contributed by atoms with van der Waals surface area (Å²) >= 11 is 5.24. The van der Waals surface area contributed by atoms with Crippen LogP contribution in [-0.4, -0.2) is 45.0 Å². The van der Waals surface area contributed by atoms with Gasteiger partial charge in [0.1, 0.15) is 17.1 Å². The molecule has 0 aliphatic carbocycles. The van der Waals surface area contributed by atoms with E-state index in [1.807, 2.05) is 53.7 Å². The molecule has 4 N–H and O–H groups in total. The molecule has 2 aromatic rings. The van der Waals surface area contributed by atoms with E-state index in [2.05, 4.69) is 28.7 Å². The van der Waals surface area contributed by atoms with Crippen LogP contribution in [0.15, 0.2) is 37.1 Å². The van der Waals surface area contributed by atoms with E-state index in [1.54, 1.807) is 12.3 Å². The van der Waals surface area contributed by atoms with Crippen molar-refractivity contribution in [1.29, 1.82) is 0 Å². The number of alkyl halides is 1. The third kappa shape index (κ3) is 10.7. The van der Waals surface area contributed by atoms with Crippen LogP contribution in [0, 0.1) is 0 Å².